The molecule has 0 unspecified atom stereocenters. The smallest absolute Gasteiger partial charge is 0.258 e. The first-order valence-electron chi connectivity index (χ1n) is 8.53. The predicted octanol–water partition coefficient (Wildman–Crippen LogP) is 4.32. The van der Waals surface area contributed by atoms with Crippen LogP contribution in [0.4, 0.5) is 10.1 Å². The molecule has 0 saturated carbocycles. The Balaban J connectivity index is 1.73. The summed E-state index contributed by atoms with van der Waals surface area (Å²) in [5.74, 6) is -1.54. The fraction of sp³-hybridized carbons (Fsp3) is 0.0909. The average molecular weight is 362 g/mol. The van der Waals surface area contributed by atoms with E-state index < -0.39 is 11.7 Å². The monoisotopic (exact) mass is 362 g/mol. The Morgan fingerprint density at radius 2 is 1.44 bits per heavy atom. The maximum Gasteiger partial charge on any atom is 0.258 e. The predicted molar refractivity (Wildman–Crippen MR) is 103 cm³/mol. The summed E-state index contributed by atoms with van der Waals surface area (Å²) in [6, 6.07) is 20.2. The lowest BCUT2D eigenvalue weighted by Gasteiger charge is -2.12. The third-order valence-corrected chi connectivity index (χ3v) is 4.11. The van der Waals surface area contributed by atoms with Crippen LogP contribution in [0.5, 0.6) is 0 Å². The van der Waals surface area contributed by atoms with Crippen molar-refractivity contribution in [2.45, 2.75) is 13.5 Å². The quantitative estimate of drug-likeness (QED) is 0.710. The summed E-state index contributed by atoms with van der Waals surface area (Å²) in [7, 11) is 0. The van der Waals surface area contributed by atoms with Crippen molar-refractivity contribution in [3.63, 3.8) is 0 Å². The third kappa shape index (κ3) is 4.58. The van der Waals surface area contributed by atoms with Gasteiger partial charge in [-0.3, -0.25) is 9.59 Å². The number of benzene rings is 3. The highest BCUT2D eigenvalue weighted by atomic mass is 19.1. The molecular weight excluding hydrogens is 343 g/mol. The molecule has 0 atom stereocenters. The Hall–Kier alpha value is -3.47. The number of carbonyl (C=O) groups is 2. The minimum Gasteiger partial charge on any atom is -0.348 e. The average Bonchev–Trinajstić information content (AvgIpc) is 2.68. The van der Waals surface area contributed by atoms with Crippen LogP contribution in [0.1, 0.15) is 31.8 Å². The maximum absolute atomic E-state index is 13.8. The zero-order valence-electron chi connectivity index (χ0n) is 14.8. The number of halogens is 1. The summed E-state index contributed by atoms with van der Waals surface area (Å²) in [6.45, 7) is 2.37. The van der Waals surface area contributed by atoms with E-state index in [-0.39, 0.29) is 11.5 Å². The molecule has 136 valence electrons. The van der Waals surface area contributed by atoms with Crippen molar-refractivity contribution in [3.05, 3.63) is 101 Å². The Labute approximate surface area is 157 Å². The molecule has 0 heterocycles. The van der Waals surface area contributed by atoms with Crippen LogP contribution in [-0.4, -0.2) is 11.8 Å². The molecule has 0 bridgehead atoms. The number of anilines is 1. The fourth-order valence-electron chi connectivity index (χ4n) is 2.61. The molecule has 27 heavy (non-hydrogen) atoms. The molecule has 0 radical (unpaired) electrons. The molecule has 0 aliphatic heterocycles. The van der Waals surface area contributed by atoms with E-state index in [1.165, 1.54) is 18.2 Å². The van der Waals surface area contributed by atoms with E-state index in [0.29, 0.717) is 17.8 Å². The number of amides is 2. The molecule has 2 amide bonds. The number of aryl methyl sites for hydroxylation is 1. The second-order valence-corrected chi connectivity index (χ2v) is 6.15. The summed E-state index contributed by atoms with van der Waals surface area (Å²) < 4.78 is 13.8. The van der Waals surface area contributed by atoms with Crippen molar-refractivity contribution in [1.29, 1.82) is 0 Å². The second-order valence-electron chi connectivity index (χ2n) is 6.15. The summed E-state index contributed by atoms with van der Waals surface area (Å²) in [4.78, 5) is 24.9. The van der Waals surface area contributed by atoms with Gasteiger partial charge in [-0.1, -0.05) is 54.1 Å². The highest BCUT2D eigenvalue weighted by Gasteiger charge is 2.16. The van der Waals surface area contributed by atoms with Gasteiger partial charge in [0.05, 0.1) is 16.8 Å². The van der Waals surface area contributed by atoms with Gasteiger partial charge in [0.15, 0.2) is 0 Å². The van der Waals surface area contributed by atoms with Gasteiger partial charge in [-0.25, -0.2) is 4.39 Å². The Kier molecular flexibility index (Phi) is 5.61. The molecule has 4 nitrogen and oxygen atoms in total. The first kappa shape index (κ1) is 18.3. The van der Waals surface area contributed by atoms with Crippen LogP contribution >= 0.6 is 0 Å². The van der Waals surface area contributed by atoms with E-state index in [1.807, 2.05) is 31.2 Å². The highest BCUT2D eigenvalue weighted by molar-refractivity contribution is 6.09. The SMILES string of the molecule is Cc1ccc(CNC(=O)c2ccccc2NC(=O)c2ccccc2F)cc1. The van der Waals surface area contributed by atoms with Crippen LogP contribution in [0.25, 0.3) is 0 Å². The number of hydrogen-bond donors (Lipinski definition) is 2. The van der Waals surface area contributed by atoms with Crippen LogP contribution in [0.15, 0.2) is 72.8 Å². The molecule has 0 aliphatic carbocycles. The summed E-state index contributed by atoms with van der Waals surface area (Å²) >= 11 is 0. The standard InChI is InChI=1S/C22H19FN2O2/c1-15-10-12-16(13-11-15)14-24-21(26)18-7-3-5-9-20(18)25-22(27)17-6-2-4-8-19(17)23/h2-13H,14H2,1H3,(H,24,26)(H,25,27). The minimum atomic E-state index is -0.615. The molecule has 0 aromatic heterocycles. The lowest BCUT2D eigenvalue weighted by atomic mass is 10.1. The number of rotatable bonds is 5. The first-order valence-corrected chi connectivity index (χ1v) is 8.53. The van der Waals surface area contributed by atoms with E-state index in [0.717, 1.165) is 11.1 Å². The Bertz CT molecular complexity index is 968. The zero-order chi connectivity index (χ0) is 19.2. The molecule has 3 aromatic rings. The third-order valence-electron chi connectivity index (χ3n) is 4.11. The van der Waals surface area contributed by atoms with Crippen LogP contribution in [0, 0.1) is 12.7 Å². The molecular formula is C22H19FN2O2. The highest BCUT2D eigenvalue weighted by Crippen LogP contribution is 2.17. The molecule has 3 rings (SSSR count). The number of para-hydroxylation sites is 1. The topological polar surface area (TPSA) is 58.2 Å². The van der Waals surface area contributed by atoms with E-state index in [1.54, 1.807) is 30.3 Å². The second kappa shape index (κ2) is 8.27. The largest absolute Gasteiger partial charge is 0.348 e. The van der Waals surface area contributed by atoms with Gasteiger partial charge in [0, 0.05) is 6.54 Å². The van der Waals surface area contributed by atoms with E-state index >= 15 is 0 Å². The van der Waals surface area contributed by atoms with Crippen LogP contribution in [-0.2, 0) is 6.54 Å². The van der Waals surface area contributed by atoms with Gasteiger partial charge in [-0.2, -0.15) is 0 Å². The molecule has 0 saturated heterocycles. The van der Waals surface area contributed by atoms with Crippen molar-refractivity contribution < 1.29 is 14.0 Å². The minimum absolute atomic E-state index is 0.0765. The Morgan fingerprint density at radius 3 is 2.15 bits per heavy atom. The summed E-state index contributed by atoms with van der Waals surface area (Å²) in [6.07, 6.45) is 0. The van der Waals surface area contributed by atoms with Gasteiger partial charge in [-0.15, -0.1) is 0 Å². The van der Waals surface area contributed by atoms with Crippen molar-refractivity contribution in [1.82, 2.24) is 5.32 Å². The maximum atomic E-state index is 13.8. The van der Waals surface area contributed by atoms with Crippen molar-refractivity contribution in [2.24, 2.45) is 0 Å². The molecule has 5 heteroatoms. The fourth-order valence-corrected chi connectivity index (χ4v) is 2.61. The van der Waals surface area contributed by atoms with Crippen LogP contribution in [0.3, 0.4) is 0 Å². The van der Waals surface area contributed by atoms with Crippen LogP contribution < -0.4 is 10.6 Å². The van der Waals surface area contributed by atoms with Gasteiger partial charge < -0.3 is 10.6 Å². The van der Waals surface area contributed by atoms with Crippen molar-refractivity contribution in [2.75, 3.05) is 5.32 Å². The molecule has 2 N–H and O–H groups in total. The van der Waals surface area contributed by atoms with Crippen LogP contribution in [0.2, 0.25) is 0 Å². The molecule has 0 fully saturated rings. The lowest BCUT2D eigenvalue weighted by molar-refractivity contribution is 0.0952. The van der Waals surface area contributed by atoms with Gasteiger partial charge in [-0.05, 0) is 36.8 Å². The molecule has 0 spiro atoms. The summed E-state index contributed by atoms with van der Waals surface area (Å²) in [5, 5.41) is 5.45. The van der Waals surface area contributed by atoms with Gasteiger partial charge >= 0.3 is 0 Å². The Morgan fingerprint density at radius 1 is 0.815 bits per heavy atom. The van der Waals surface area contributed by atoms with Gasteiger partial charge in [0.1, 0.15) is 5.82 Å². The van der Waals surface area contributed by atoms with E-state index in [9.17, 15) is 14.0 Å². The molecule has 3 aromatic carbocycles. The van der Waals surface area contributed by atoms with Gasteiger partial charge in [0.25, 0.3) is 11.8 Å². The van der Waals surface area contributed by atoms with Gasteiger partial charge in [0.2, 0.25) is 0 Å². The summed E-state index contributed by atoms with van der Waals surface area (Å²) in [5.41, 5.74) is 2.68. The van der Waals surface area contributed by atoms with Crippen molar-refractivity contribution >= 4 is 17.5 Å². The normalized spacial score (nSPS) is 10.3. The molecule has 0 aliphatic rings. The number of hydrogen-bond acceptors (Lipinski definition) is 2. The van der Waals surface area contributed by atoms with E-state index in [4.69, 9.17) is 0 Å². The number of carbonyl (C=O) groups excluding carboxylic acids is 2. The first-order chi connectivity index (χ1) is 13.0. The van der Waals surface area contributed by atoms with E-state index in [2.05, 4.69) is 10.6 Å². The van der Waals surface area contributed by atoms with Crippen molar-refractivity contribution in [3.8, 4) is 0 Å². The lowest BCUT2D eigenvalue weighted by Crippen LogP contribution is -2.25. The number of nitrogens with one attached hydrogen (secondary N) is 2. The zero-order valence-corrected chi connectivity index (χ0v) is 14.8.